The molecule has 0 saturated carbocycles. The van der Waals surface area contributed by atoms with E-state index >= 15 is 0 Å². The fourth-order valence-corrected chi connectivity index (χ4v) is 4.72. The molecule has 0 unspecified atom stereocenters. The summed E-state index contributed by atoms with van der Waals surface area (Å²) in [7, 11) is -3.97. The molecular weight excluding hydrogens is 431 g/mol. The molecule has 3 aromatic rings. The van der Waals surface area contributed by atoms with E-state index in [-0.39, 0.29) is 22.9 Å². The first-order chi connectivity index (χ1) is 14.3. The first kappa shape index (κ1) is 20.2. The Morgan fingerprint density at radius 1 is 1.07 bits per heavy atom. The number of anilines is 2. The summed E-state index contributed by atoms with van der Waals surface area (Å²) in [4.78, 5) is 12.8. The van der Waals surface area contributed by atoms with Gasteiger partial charge >= 0.3 is 0 Å². The molecular formula is C21H16ClFN2O4S. The molecule has 1 aliphatic rings. The lowest BCUT2D eigenvalue weighted by Gasteiger charge is -2.34. The van der Waals surface area contributed by atoms with Gasteiger partial charge in [0.25, 0.3) is 15.9 Å². The molecule has 0 bridgehead atoms. The summed E-state index contributed by atoms with van der Waals surface area (Å²) in [5.41, 5.74) is 0.613. The maximum atomic E-state index is 13.3. The molecule has 9 heteroatoms. The van der Waals surface area contributed by atoms with Gasteiger partial charge in [-0.1, -0.05) is 29.8 Å². The number of carbonyl (C=O) groups excluding carboxylic acids is 1. The van der Waals surface area contributed by atoms with E-state index in [9.17, 15) is 17.6 Å². The van der Waals surface area contributed by atoms with Crippen molar-refractivity contribution >= 4 is 38.9 Å². The minimum absolute atomic E-state index is 0.0792. The van der Waals surface area contributed by atoms with E-state index < -0.39 is 27.9 Å². The molecule has 30 heavy (non-hydrogen) atoms. The Morgan fingerprint density at radius 2 is 1.77 bits per heavy atom. The summed E-state index contributed by atoms with van der Waals surface area (Å²) in [5.74, 6) is -0.785. The van der Waals surface area contributed by atoms with Gasteiger partial charge in [-0.3, -0.25) is 9.10 Å². The molecule has 1 aliphatic heterocycles. The molecule has 0 saturated heterocycles. The predicted octanol–water partition coefficient (Wildman–Crippen LogP) is 4.07. The number of carbonyl (C=O) groups is 1. The summed E-state index contributed by atoms with van der Waals surface area (Å²) in [5, 5.41) is 2.95. The zero-order valence-corrected chi connectivity index (χ0v) is 17.0. The van der Waals surface area contributed by atoms with Crippen LogP contribution in [0.2, 0.25) is 5.02 Å². The van der Waals surface area contributed by atoms with Crippen molar-refractivity contribution in [3.63, 3.8) is 0 Å². The number of nitrogens with zero attached hydrogens (tertiary/aromatic N) is 1. The summed E-state index contributed by atoms with van der Waals surface area (Å²) in [6.07, 6.45) is -1.12. The number of fused-ring (bicyclic) bond motifs is 1. The molecule has 1 heterocycles. The van der Waals surface area contributed by atoms with Crippen molar-refractivity contribution in [3.8, 4) is 5.75 Å². The lowest BCUT2D eigenvalue weighted by atomic mass is 10.2. The number of hydrogen-bond acceptors (Lipinski definition) is 4. The topological polar surface area (TPSA) is 75.7 Å². The predicted molar refractivity (Wildman–Crippen MR) is 112 cm³/mol. The van der Waals surface area contributed by atoms with Crippen LogP contribution in [0.1, 0.15) is 0 Å². The van der Waals surface area contributed by atoms with E-state index in [4.69, 9.17) is 16.3 Å². The molecule has 1 N–H and O–H groups in total. The van der Waals surface area contributed by atoms with Gasteiger partial charge in [0.15, 0.2) is 6.10 Å². The number of hydrogen-bond donors (Lipinski definition) is 1. The quantitative estimate of drug-likeness (QED) is 0.655. The van der Waals surface area contributed by atoms with Crippen LogP contribution in [0.4, 0.5) is 15.8 Å². The van der Waals surface area contributed by atoms with Gasteiger partial charge in [0.05, 0.1) is 17.1 Å². The maximum Gasteiger partial charge on any atom is 0.267 e. The minimum Gasteiger partial charge on any atom is -0.476 e. The average molecular weight is 447 g/mol. The largest absolute Gasteiger partial charge is 0.476 e. The van der Waals surface area contributed by atoms with Crippen LogP contribution in [0.5, 0.6) is 5.75 Å². The first-order valence-electron chi connectivity index (χ1n) is 8.95. The maximum absolute atomic E-state index is 13.3. The van der Waals surface area contributed by atoms with E-state index in [1.54, 1.807) is 24.3 Å². The van der Waals surface area contributed by atoms with Gasteiger partial charge in [0, 0.05) is 10.7 Å². The van der Waals surface area contributed by atoms with Crippen LogP contribution in [-0.4, -0.2) is 27.0 Å². The number of ether oxygens (including phenoxy) is 1. The monoisotopic (exact) mass is 446 g/mol. The van der Waals surface area contributed by atoms with Gasteiger partial charge < -0.3 is 10.1 Å². The second kappa shape index (κ2) is 7.97. The Labute approximate surface area is 177 Å². The SMILES string of the molecule is O=C(Nc1ccc(F)cc1)[C@@H]1CN(S(=O)(=O)c2ccccc2)c2cc(Cl)ccc2O1. The van der Waals surface area contributed by atoms with Crippen LogP contribution in [0, 0.1) is 5.82 Å². The van der Waals surface area contributed by atoms with Crippen LogP contribution in [-0.2, 0) is 14.8 Å². The highest BCUT2D eigenvalue weighted by Crippen LogP contribution is 2.39. The zero-order chi connectivity index (χ0) is 21.3. The van der Waals surface area contributed by atoms with Gasteiger partial charge in [-0.2, -0.15) is 0 Å². The Hall–Kier alpha value is -3.10. The highest BCUT2D eigenvalue weighted by atomic mass is 35.5. The molecule has 3 aromatic carbocycles. The fraction of sp³-hybridized carbons (Fsp3) is 0.0952. The third-order valence-corrected chi connectivity index (χ3v) is 6.55. The Kier molecular flexibility index (Phi) is 5.36. The van der Waals surface area contributed by atoms with Gasteiger partial charge in [-0.15, -0.1) is 0 Å². The lowest BCUT2D eigenvalue weighted by molar-refractivity contribution is -0.122. The molecule has 6 nitrogen and oxygen atoms in total. The molecule has 0 radical (unpaired) electrons. The van der Waals surface area contributed by atoms with E-state index in [1.165, 1.54) is 48.5 Å². The molecule has 0 aromatic heterocycles. The van der Waals surface area contributed by atoms with Crippen molar-refractivity contribution in [2.45, 2.75) is 11.0 Å². The van der Waals surface area contributed by atoms with Crippen molar-refractivity contribution in [1.82, 2.24) is 0 Å². The van der Waals surface area contributed by atoms with Crippen molar-refractivity contribution < 1.29 is 22.3 Å². The molecule has 1 amide bonds. The molecule has 4 rings (SSSR count). The summed E-state index contributed by atoms with van der Waals surface area (Å²) in [6, 6.07) is 17.7. The van der Waals surface area contributed by atoms with E-state index in [2.05, 4.69) is 5.32 Å². The van der Waals surface area contributed by atoms with E-state index in [0.717, 1.165) is 4.31 Å². The number of nitrogens with one attached hydrogen (secondary N) is 1. The Bertz CT molecular complexity index is 1190. The average Bonchev–Trinajstić information content (AvgIpc) is 2.75. The van der Waals surface area contributed by atoms with Gasteiger partial charge in [-0.25, -0.2) is 12.8 Å². The highest BCUT2D eigenvalue weighted by molar-refractivity contribution is 7.92. The van der Waals surface area contributed by atoms with E-state index in [1.807, 2.05) is 0 Å². The molecule has 0 spiro atoms. The third kappa shape index (κ3) is 3.96. The minimum atomic E-state index is -3.97. The van der Waals surface area contributed by atoms with Crippen molar-refractivity contribution in [2.75, 3.05) is 16.2 Å². The van der Waals surface area contributed by atoms with Gasteiger partial charge in [-0.05, 0) is 54.6 Å². The van der Waals surface area contributed by atoms with Crippen molar-refractivity contribution in [2.24, 2.45) is 0 Å². The normalized spacial score (nSPS) is 15.8. The highest BCUT2D eigenvalue weighted by Gasteiger charge is 2.37. The number of benzene rings is 3. The molecule has 0 fully saturated rings. The smallest absolute Gasteiger partial charge is 0.267 e. The molecule has 0 aliphatic carbocycles. The molecule has 1 atom stereocenters. The van der Waals surface area contributed by atoms with Crippen molar-refractivity contribution in [3.05, 3.63) is 83.6 Å². The van der Waals surface area contributed by atoms with Crippen LogP contribution < -0.4 is 14.4 Å². The Morgan fingerprint density at radius 3 is 2.47 bits per heavy atom. The number of halogens is 2. The van der Waals surface area contributed by atoms with E-state index in [0.29, 0.717) is 10.7 Å². The first-order valence-corrected chi connectivity index (χ1v) is 10.8. The second-order valence-corrected chi connectivity index (χ2v) is 8.86. The van der Waals surface area contributed by atoms with Crippen LogP contribution >= 0.6 is 11.6 Å². The fourth-order valence-electron chi connectivity index (χ4n) is 3.06. The number of amides is 1. The van der Waals surface area contributed by atoms with Gasteiger partial charge in [0.1, 0.15) is 11.6 Å². The summed E-state index contributed by atoms with van der Waals surface area (Å²) in [6.45, 7) is -0.252. The summed E-state index contributed by atoms with van der Waals surface area (Å²) >= 11 is 6.07. The lowest BCUT2D eigenvalue weighted by Crippen LogP contribution is -2.48. The van der Waals surface area contributed by atoms with Gasteiger partial charge in [0.2, 0.25) is 0 Å². The number of sulfonamides is 1. The summed E-state index contributed by atoms with van der Waals surface area (Å²) < 4.78 is 46.5. The molecule has 154 valence electrons. The van der Waals surface area contributed by atoms with Crippen LogP contribution in [0.25, 0.3) is 0 Å². The van der Waals surface area contributed by atoms with Crippen molar-refractivity contribution in [1.29, 1.82) is 0 Å². The van der Waals surface area contributed by atoms with Crippen LogP contribution in [0.3, 0.4) is 0 Å². The standard InChI is InChI=1S/C21H16ClFN2O4S/c22-14-6-11-19-18(12-14)25(30(27,28)17-4-2-1-3-5-17)13-20(29-19)21(26)24-16-9-7-15(23)8-10-16/h1-12,20H,13H2,(H,24,26)/t20-/m0/s1. The number of rotatable bonds is 4. The zero-order valence-electron chi connectivity index (χ0n) is 15.5. The Balaban J connectivity index is 1.68. The van der Waals surface area contributed by atoms with Crippen LogP contribution in [0.15, 0.2) is 77.7 Å². The second-order valence-electron chi connectivity index (χ2n) is 6.56. The third-order valence-electron chi connectivity index (χ3n) is 4.53.